The quantitative estimate of drug-likeness (QED) is 0.111. The van der Waals surface area contributed by atoms with Gasteiger partial charge in [-0.05, 0) is 96.1 Å². The monoisotopic (exact) mass is 692 g/mol. The average molecular weight is 693 g/mol. The summed E-state index contributed by atoms with van der Waals surface area (Å²) in [5.41, 5.74) is 11.6. The molecule has 0 fully saturated rings. The van der Waals surface area contributed by atoms with Crippen LogP contribution in [0.4, 0.5) is 0 Å². The fourth-order valence-corrected chi connectivity index (χ4v) is 5.59. The highest BCUT2D eigenvalue weighted by atomic mass is 16.5. The number of carbonyl (C=O) groups is 2. The average Bonchev–Trinajstić information content (AvgIpc) is 3.68. The van der Waals surface area contributed by atoms with Gasteiger partial charge in [0.2, 0.25) is 0 Å². The van der Waals surface area contributed by atoms with Gasteiger partial charge in [-0.2, -0.15) is 10.2 Å². The molecule has 12 nitrogen and oxygen atoms in total. The summed E-state index contributed by atoms with van der Waals surface area (Å²) >= 11 is 0. The normalized spacial score (nSPS) is 11.4. The summed E-state index contributed by atoms with van der Waals surface area (Å²) in [5, 5.41) is 8.13. The van der Waals surface area contributed by atoms with Crippen molar-refractivity contribution in [2.75, 3.05) is 0 Å². The van der Waals surface area contributed by atoms with Gasteiger partial charge in [0.15, 0.2) is 24.6 Å². The largest absolute Gasteiger partial charge is 0.485 e. The van der Waals surface area contributed by atoms with Crippen LogP contribution in [0, 0.1) is 0 Å². The molecule has 0 radical (unpaired) electrons. The van der Waals surface area contributed by atoms with Crippen molar-refractivity contribution in [3.05, 3.63) is 168 Å². The molecule has 7 aromatic rings. The van der Waals surface area contributed by atoms with Crippen LogP contribution in [0.1, 0.15) is 43.2 Å². The second-order valence-corrected chi connectivity index (χ2v) is 12.0. The molecule has 0 saturated carbocycles. The molecule has 52 heavy (non-hydrogen) atoms. The molecule has 0 bridgehead atoms. The van der Waals surface area contributed by atoms with Crippen LogP contribution >= 0.6 is 0 Å². The van der Waals surface area contributed by atoms with E-state index in [1.54, 1.807) is 36.7 Å². The summed E-state index contributed by atoms with van der Waals surface area (Å²) < 4.78 is 20.2. The van der Waals surface area contributed by atoms with E-state index in [0.29, 0.717) is 24.3 Å². The second-order valence-electron chi connectivity index (χ2n) is 12.0. The number of hydrogen-bond acceptors (Lipinski definition) is 6. The number of ether oxygens (including phenoxy) is 2. The van der Waals surface area contributed by atoms with Crippen molar-refractivity contribution in [1.82, 2.24) is 20.0 Å². The third kappa shape index (κ3) is 7.71. The number of hydrazone groups is 2. The Morgan fingerprint density at radius 3 is 1.38 bits per heavy atom. The molecule has 258 valence electrons. The third-order valence-corrected chi connectivity index (χ3v) is 8.56. The minimum Gasteiger partial charge on any atom is -0.485 e. The predicted octanol–water partition coefficient (Wildman–Crippen LogP) is 4.53. The highest BCUT2D eigenvalue weighted by Gasteiger charge is 2.15. The van der Waals surface area contributed by atoms with Crippen LogP contribution < -0.4 is 29.1 Å². The van der Waals surface area contributed by atoms with E-state index in [1.807, 2.05) is 112 Å². The van der Waals surface area contributed by atoms with Crippen LogP contribution in [0.15, 0.2) is 144 Å². The predicted molar refractivity (Wildman–Crippen MR) is 195 cm³/mol. The maximum Gasteiger partial charge on any atom is 0.286 e. The number of imidazole rings is 2. The Morgan fingerprint density at radius 2 is 1.00 bits per heavy atom. The summed E-state index contributed by atoms with van der Waals surface area (Å²) in [7, 11) is 4.02. The zero-order chi connectivity index (χ0) is 35.9. The van der Waals surface area contributed by atoms with E-state index in [2.05, 4.69) is 51.1 Å². The summed E-state index contributed by atoms with van der Waals surface area (Å²) in [6.45, 7) is 0.849. The lowest BCUT2D eigenvalue weighted by molar-refractivity contribution is -0.511. The maximum atomic E-state index is 12.6. The van der Waals surface area contributed by atoms with Gasteiger partial charge in [0.05, 0.1) is 38.9 Å². The van der Waals surface area contributed by atoms with Gasteiger partial charge >= 0.3 is 0 Å². The third-order valence-electron chi connectivity index (χ3n) is 8.56. The van der Waals surface area contributed by atoms with Crippen LogP contribution in [0.3, 0.4) is 0 Å². The number of rotatable bonds is 12. The Kier molecular flexibility index (Phi) is 9.78. The minimum absolute atomic E-state index is 0.355. The molecule has 0 unspecified atom stereocenters. The Bertz CT molecular complexity index is 2240. The molecule has 0 spiro atoms. The topological polar surface area (TPSA) is 119 Å². The summed E-state index contributed by atoms with van der Waals surface area (Å²) in [4.78, 5) is 25.2. The first-order chi connectivity index (χ1) is 25.4. The molecule has 0 atom stereocenters. The van der Waals surface area contributed by atoms with Gasteiger partial charge in [-0.25, -0.2) is 28.8 Å². The first kappa shape index (κ1) is 33.4. The Balaban J connectivity index is 0.842. The van der Waals surface area contributed by atoms with Crippen LogP contribution in [0.25, 0.3) is 11.3 Å². The molecule has 4 heterocycles. The number of nitrogens with zero attached hydrogens (tertiary/aromatic N) is 6. The van der Waals surface area contributed by atoms with Crippen molar-refractivity contribution < 1.29 is 27.9 Å². The number of fused-ring (bicyclic) bond motifs is 2. The van der Waals surface area contributed by atoms with Gasteiger partial charge in [0.25, 0.3) is 23.1 Å². The first-order valence-corrected chi connectivity index (χ1v) is 16.5. The Hall–Kier alpha value is -7.08. The number of pyridine rings is 2. The molecule has 2 N–H and O–H groups in total. The van der Waals surface area contributed by atoms with E-state index in [-0.39, 0.29) is 0 Å². The zero-order valence-corrected chi connectivity index (χ0v) is 28.6. The van der Waals surface area contributed by atoms with Crippen molar-refractivity contribution in [2.24, 2.45) is 24.3 Å². The summed E-state index contributed by atoms with van der Waals surface area (Å²) in [6, 6.07) is 33.1. The molecule has 0 aliphatic heterocycles. The van der Waals surface area contributed by atoms with E-state index in [9.17, 15) is 9.59 Å². The number of nitrogens with one attached hydrogen (secondary N) is 2. The highest BCUT2D eigenvalue weighted by molar-refractivity contribution is 5.98. The first-order valence-electron chi connectivity index (χ1n) is 16.5. The molecule has 0 aliphatic rings. The van der Waals surface area contributed by atoms with Gasteiger partial charge in [-0.1, -0.05) is 12.1 Å². The minimum atomic E-state index is -0.405. The van der Waals surface area contributed by atoms with E-state index < -0.39 is 11.8 Å². The van der Waals surface area contributed by atoms with Gasteiger partial charge in [-0.15, -0.1) is 0 Å². The molecular weight excluding hydrogens is 656 g/mol. The Morgan fingerprint density at radius 1 is 0.596 bits per heavy atom. The number of amides is 2. The lowest BCUT2D eigenvalue weighted by atomic mass is 10.1. The number of benzene rings is 3. The number of aryl methyl sites for hydroxylation is 2. The van der Waals surface area contributed by atoms with Crippen LogP contribution in [-0.2, 0) is 27.3 Å². The standard InChI is InChI=1S/C40H34N8O4/c1-45-33(25-47-21-5-3-7-37(45)47)27-51-35-17-9-29(10-18-35)23-41-43-39(49)31-13-15-32(16-14-31)40(50)44-42-24-30-11-19-36(20-12-30)52-28-34-26-48-22-6-4-8-38(48)46(34)2/h3-26H,27-28H2,1-2H3/p+2/b41-23-,42-24+. The SMILES string of the molecule is Cn1c(COc2ccc(/C=N\NC(=O)c3ccc(C(=O)N/N=C/c4ccc(OCc5c[n+]6ccccc6n5C)cc4)cc3)cc2)c[n+]2ccccc12. The maximum absolute atomic E-state index is 12.6. The second kappa shape index (κ2) is 15.2. The van der Waals surface area contributed by atoms with Gasteiger partial charge in [-0.3, -0.25) is 9.59 Å². The fraction of sp³-hybridized carbons (Fsp3) is 0.100. The van der Waals surface area contributed by atoms with E-state index in [0.717, 1.165) is 45.3 Å². The fourth-order valence-electron chi connectivity index (χ4n) is 5.59. The highest BCUT2D eigenvalue weighted by Crippen LogP contribution is 2.16. The van der Waals surface area contributed by atoms with Crippen molar-refractivity contribution in [1.29, 1.82) is 0 Å². The van der Waals surface area contributed by atoms with Gasteiger partial charge in [0, 0.05) is 23.3 Å². The van der Waals surface area contributed by atoms with E-state index >= 15 is 0 Å². The van der Waals surface area contributed by atoms with E-state index in [1.165, 1.54) is 0 Å². The van der Waals surface area contributed by atoms with Gasteiger partial charge < -0.3 is 9.47 Å². The van der Waals surface area contributed by atoms with E-state index in [4.69, 9.17) is 9.47 Å². The van der Waals surface area contributed by atoms with Crippen molar-refractivity contribution >= 4 is 35.5 Å². The van der Waals surface area contributed by atoms with Gasteiger partial charge in [0.1, 0.15) is 23.9 Å². The van der Waals surface area contributed by atoms with Crippen LogP contribution in [0.5, 0.6) is 11.5 Å². The van der Waals surface area contributed by atoms with Crippen molar-refractivity contribution in [2.45, 2.75) is 13.2 Å². The van der Waals surface area contributed by atoms with Crippen molar-refractivity contribution in [3.63, 3.8) is 0 Å². The lowest BCUT2D eigenvalue weighted by Gasteiger charge is -2.05. The number of carbonyl (C=O) groups excluding carboxylic acids is 2. The molecule has 7 rings (SSSR count). The lowest BCUT2D eigenvalue weighted by Crippen LogP contribution is -2.19. The molecule has 12 heteroatoms. The zero-order valence-electron chi connectivity index (χ0n) is 28.6. The van der Waals surface area contributed by atoms with Crippen LogP contribution in [0.2, 0.25) is 0 Å². The number of aromatic nitrogens is 4. The van der Waals surface area contributed by atoms with Crippen LogP contribution in [-0.4, -0.2) is 33.4 Å². The summed E-state index contributed by atoms with van der Waals surface area (Å²) in [6.07, 6.45) is 11.2. The molecule has 4 aromatic heterocycles. The molecule has 0 saturated heterocycles. The van der Waals surface area contributed by atoms with Crippen molar-refractivity contribution in [3.8, 4) is 11.5 Å². The molecule has 3 aromatic carbocycles. The number of hydrogen-bond donors (Lipinski definition) is 2. The molecular formula is C40H36N8O4+2. The summed E-state index contributed by atoms with van der Waals surface area (Å²) in [5.74, 6) is 0.632. The Labute approximate surface area is 299 Å². The smallest absolute Gasteiger partial charge is 0.286 e. The molecule has 0 aliphatic carbocycles. The molecule has 2 amide bonds.